The Balaban J connectivity index is 2.11. The number of aromatic nitrogens is 1. The lowest BCUT2D eigenvalue weighted by molar-refractivity contribution is 0.0285. The molecule has 0 aliphatic heterocycles. The van der Waals surface area contributed by atoms with Gasteiger partial charge in [-0.15, -0.1) is 0 Å². The van der Waals surface area contributed by atoms with Crippen LogP contribution in [-0.2, 0) is 31.5 Å². The molecular formula is C23H28N4O6S2. The average molecular weight is 522 g/mol. The molecule has 188 valence electrons. The van der Waals surface area contributed by atoms with E-state index in [1.54, 1.807) is 45.0 Å². The molecule has 10 nitrogen and oxygen atoms in total. The van der Waals surface area contributed by atoms with Crippen molar-refractivity contribution >= 4 is 32.0 Å². The maximum Gasteiger partial charge on any atom is 0.410 e. The number of benzene rings is 2. The lowest BCUT2D eigenvalue weighted by atomic mass is 10.1. The highest BCUT2D eigenvalue weighted by Gasteiger charge is 2.26. The third-order valence-corrected chi connectivity index (χ3v) is 6.87. The molecule has 12 heteroatoms. The van der Waals surface area contributed by atoms with Crippen LogP contribution >= 0.6 is 0 Å². The smallest absolute Gasteiger partial charge is 0.410 e. The number of anilines is 1. The lowest BCUT2D eigenvalue weighted by Gasteiger charge is -2.25. The van der Waals surface area contributed by atoms with E-state index in [4.69, 9.17) is 11.2 Å². The molecule has 1 heterocycles. The molecule has 0 saturated carbocycles. The molecule has 0 fully saturated rings. The number of nitrogens with zero attached hydrogens (tertiary/aromatic N) is 2. The van der Waals surface area contributed by atoms with Crippen LogP contribution in [0.15, 0.2) is 71.7 Å². The molecule has 0 spiro atoms. The summed E-state index contributed by atoms with van der Waals surface area (Å²) in [6.07, 6.45) is 0.763. The molecule has 0 saturated heterocycles. The normalized spacial score (nSPS) is 12.7. The average Bonchev–Trinajstić information content (AvgIpc) is 3.16. The zero-order valence-corrected chi connectivity index (χ0v) is 21.4. The Bertz CT molecular complexity index is 1490. The summed E-state index contributed by atoms with van der Waals surface area (Å²) < 4.78 is 66.6. The molecular weight excluding hydrogens is 492 g/mol. The number of ether oxygens (including phenoxy) is 1. The largest absolute Gasteiger partial charge is 0.444 e. The van der Waals surface area contributed by atoms with Crippen molar-refractivity contribution in [1.29, 1.82) is 0 Å². The van der Waals surface area contributed by atoms with Gasteiger partial charge in [-0.3, -0.25) is 4.72 Å². The first-order valence-corrected chi connectivity index (χ1v) is 13.4. The highest BCUT2D eigenvalue weighted by molar-refractivity contribution is 7.90. The van der Waals surface area contributed by atoms with Crippen molar-refractivity contribution in [2.24, 2.45) is 5.14 Å². The van der Waals surface area contributed by atoms with Crippen LogP contribution < -0.4 is 9.86 Å². The molecule has 0 aliphatic rings. The first-order valence-electron chi connectivity index (χ1n) is 10.9. The van der Waals surface area contributed by atoms with E-state index in [9.17, 15) is 21.6 Å². The van der Waals surface area contributed by atoms with Crippen molar-refractivity contribution in [2.45, 2.75) is 37.8 Å². The zero-order valence-electron chi connectivity index (χ0n) is 20.7. The zero-order chi connectivity index (χ0) is 26.9. The molecule has 0 unspecified atom stereocenters. The Hall–Kier alpha value is -3.35. The highest BCUT2D eigenvalue weighted by atomic mass is 32.2. The van der Waals surface area contributed by atoms with Crippen molar-refractivity contribution in [2.75, 3.05) is 11.8 Å². The number of nitrogens with two attached hydrogens (primary N) is 1. The van der Waals surface area contributed by atoms with E-state index in [1.807, 2.05) is 0 Å². The summed E-state index contributed by atoms with van der Waals surface area (Å²) in [4.78, 5) is 13.7. The maximum absolute atomic E-state index is 13.7. The number of hydrogen-bond donors (Lipinski definition) is 2. The van der Waals surface area contributed by atoms with Gasteiger partial charge in [-0.1, -0.05) is 36.4 Å². The number of rotatable bonds is 7. The monoisotopic (exact) mass is 521 g/mol. The minimum Gasteiger partial charge on any atom is -0.444 e. The van der Waals surface area contributed by atoms with Crippen LogP contribution in [0, 0.1) is 0 Å². The lowest BCUT2D eigenvalue weighted by Crippen LogP contribution is -2.33. The third kappa shape index (κ3) is 6.62. The van der Waals surface area contributed by atoms with E-state index in [2.05, 4.69) is 4.72 Å². The minimum atomic E-state index is -4.23. The van der Waals surface area contributed by atoms with Gasteiger partial charge in [-0.2, -0.15) is 8.42 Å². The van der Waals surface area contributed by atoms with E-state index < -0.39 is 31.9 Å². The van der Waals surface area contributed by atoms with E-state index in [0.29, 0.717) is 11.1 Å². The molecule has 35 heavy (non-hydrogen) atoms. The fourth-order valence-electron chi connectivity index (χ4n) is 3.29. The van der Waals surface area contributed by atoms with Crippen molar-refractivity contribution in [1.82, 2.24) is 8.87 Å². The SMILES string of the molecule is [2H]c1cccc(-c2c(CN(C)C(=O)OC(C)(C)C)ccn2S(=O)(=O)c2cccc(NS(N)(=O)=O)c2)c1. The van der Waals surface area contributed by atoms with Crippen LogP contribution in [0.4, 0.5) is 10.5 Å². The van der Waals surface area contributed by atoms with Crippen LogP contribution in [0.2, 0.25) is 0 Å². The topological polar surface area (TPSA) is 141 Å². The second-order valence-corrected chi connectivity index (χ2v) is 11.9. The Morgan fingerprint density at radius 3 is 2.46 bits per heavy atom. The van der Waals surface area contributed by atoms with Gasteiger partial charge in [-0.25, -0.2) is 22.3 Å². The van der Waals surface area contributed by atoms with Crippen LogP contribution in [0.1, 0.15) is 27.7 Å². The van der Waals surface area contributed by atoms with Gasteiger partial charge in [0.05, 0.1) is 24.2 Å². The number of hydrogen-bond acceptors (Lipinski definition) is 6. The van der Waals surface area contributed by atoms with Gasteiger partial charge in [0.15, 0.2) is 0 Å². The quantitative estimate of drug-likeness (QED) is 0.488. The predicted molar refractivity (Wildman–Crippen MR) is 133 cm³/mol. The summed E-state index contributed by atoms with van der Waals surface area (Å²) in [7, 11) is -6.81. The van der Waals surface area contributed by atoms with Gasteiger partial charge >= 0.3 is 6.09 Å². The van der Waals surface area contributed by atoms with Gasteiger partial charge in [0, 0.05) is 13.2 Å². The van der Waals surface area contributed by atoms with Crippen molar-refractivity contribution in [3.05, 3.63) is 72.4 Å². The van der Waals surface area contributed by atoms with Crippen LogP contribution in [0.3, 0.4) is 0 Å². The van der Waals surface area contributed by atoms with Crippen LogP contribution in [0.5, 0.6) is 0 Å². The standard InChI is InChI=1S/C23H28N4O6S2/c1-23(2,3)33-22(28)26(4)16-18-13-14-27(21(18)17-9-6-5-7-10-17)34(29,30)20-12-8-11-19(15-20)25-35(24,31)32/h5-15,25H,16H2,1-4H3,(H2,24,31,32)/i6D. The molecule has 0 bridgehead atoms. The minimum absolute atomic E-state index is 0.0229. The summed E-state index contributed by atoms with van der Waals surface area (Å²) in [6.45, 7) is 5.26. The highest BCUT2D eigenvalue weighted by Crippen LogP contribution is 2.30. The fraction of sp³-hybridized carbons (Fsp3) is 0.261. The molecule has 3 aromatic rings. The van der Waals surface area contributed by atoms with Gasteiger partial charge in [0.25, 0.3) is 20.2 Å². The molecule has 0 atom stereocenters. The maximum atomic E-state index is 13.7. The molecule has 1 aromatic heterocycles. The summed E-state index contributed by atoms with van der Waals surface area (Å²) in [5.74, 6) is 0. The fourth-order valence-corrected chi connectivity index (χ4v) is 5.18. The molecule has 3 rings (SSSR count). The Morgan fingerprint density at radius 2 is 1.83 bits per heavy atom. The Labute approximate surface area is 207 Å². The summed E-state index contributed by atoms with van der Waals surface area (Å²) in [5.41, 5.74) is 0.465. The van der Waals surface area contributed by atoms with E-state index >= 15 is 0 Å². The van der Waals surface area contributed by atoms with E-state index in [-0.39, 0.29) is 28.9 Å². The number of nitrogens with one attached hydrogen (secondary N) is 1. The third-order valence-electron chi connectivity index (χ3n) is 4.68. The summed E-state index contributed by atoms with van der Waals surface area (Å²) in [5, 5.41) is 5.01. The predicted octanol–water partition coefficient (Wildman–Crippen LogP) is 3.37. The van der Waals surface area contributed by atoms with Gasteiger partial charge in [-0.05, 0) is 56.2 Å². The molecule has 2 aromatic carbocycles. The van der Waals surface area contributed by atoms with Crippen LogP contribution in [-0.4, -0.2) is 44.4 Å². The molecule has 1 amide bonds. The van der Waals surface area contributed by atoms with Gasteiger partial charge in [0.2, 0.25) is 0 Å². The first-order chi connectivity index (χ1) is 16.6. The van der Waals surface area contributed by atoms with Gasteiger partial charge in [0.1, 0.15) is 5.60 Å². The number of amides is 1. The van der Waals surface area contributed by atoms with Crippen molar-refractivity contribution < 1.29 is 27.7 Å². The molecule has 0 aliphatic carbocycles. The van der Waals surface area contributed by atoms with Crippen LogP contribution in [0.25, 0.3) is 11.3 Å². The Kier molecular flexibility index (Phi) is 6.88. The van der Waals surface area contributed by atoms with Crippen molar-refractivity contribution in [3.63, 3.8) is 0 Å². The second kappa shape index (κ2) is 9.72. The summed E-state index contributed by atoms with van der Waals surface area (Å²) >= 11 is 0. The van der Waals surface area contributed by atoms with Crippen molar-refractivity contribution in [3.8, 4) is 11.3 Å². The number of carbonyl (C=O) groups excluding carboxylic acids is 1. The van der Waals surface area contributed by atoms with E-state index in [1.165, 1.54) is 42.4 Å². The number of carbonyl (C=O) groups is 1. The second-order valence-electron chi connectivity index (χ2n) is 8.79. The molecule has 0 radical (unpaired) electrons. The van der Waals surface area contributed by atoms with E-state index in [0.717, 1.165) is 10.0 Å². The van der Waals surface area contributed by atoms with Gasteiger partial charge < -0.3 is 9.64 Å². The first kappa shape index (κ1) is 24.8. The molecule has 3 N–H and O–H groups in total. The summed E-state index contributed by atoms with van der Waals surface area (Å²) in [6, 6.07) is 13.3. The Morgan fingerprint density at radius 1 is 1.11 bits per heavy atom.